The van der Waals surface area contributed by atoms with Gasteiger partial charge in [-0.1, -0.05) is 6.42 Å². The van der Waals surface area contributed by atoms with Crippen LogP contribution < -0.4 is 0 Å². The molecule has 3 saturated heterocycles. The molecule has 0 radical (unpaired) electrons. The molecule has 0 aliphatic carbocycles. The molecular weight excluding hydrogens is 262 g/mol. The fraction of sp³-hybridized carbons (Fsp3) is 1.00. The second kappa shape index (κ2) is 5.31. The Kier molecular flexibility index (Phi) is 3.86. The van der Waals surface area contributed by atoms with E-state index in [1.165, 1.54) is 6.42 Å². The Bertz CT molecular complexity index is 420. The van der Waals surface area contributed by atoms with Gasteiger partial charge in [0, 0.05) is 38.3 Å². The van der Waals surface area contributed by atoms with Gasteiger partial charge in [-0.3, -0.25) is 4.90 Å². The summed E-state index contributed by atoms with van der Waals surface area (Å²) in [5.41, 5.74) is 0. The molecule has 0 aromatic carbocycles. The lowest BCUT2D eigenvalue weighted by atomic mass is 10.1. The van der Waals surface area contributed by atoms with Crippen LogP contribution in [-0.4, -0.2) is 66.7 Å². The largest absolute Gasteiger partial charge is 0.297 e. The van der Waals surface area contributed by atoms with Crippen molar-refractivity contribution in [3.63, 3.8) is 0 Å². The van der Waals surface area contributed by atoms with Crippen LogP contribution in [-0.2, 0) is 10.2 Å². The molecule has 110 valence electrons. The van der Waals surface area contributed by atoms with Gasteiger partial charge in [0.1, 0.15) is 0 Å². The summed E-state index contributed by atoms with van der Waals surface area (Å²) in [4.78, 5) is 2.47. The molecule has 0 aromatic rings. The van der Waals surface area contributed by atoms with E-state index in [9.17, 15) is 8.42 Å². The Morgan fingerprint density at radius 3 is 2.42 bits per heavy atom. The smallest absolute Gasteiger partial charge is 0.282 e. The maximum atomic E-state index is 12.8. The number of hydrogen-bond acceptors (Lipinski definition) is 3. The van der Waals surface area contributed by atoms with Crippen LogP contribution in [0.1, 0.15) is 39.0 Å². The zero-order valence-electron chi connectivity index (χ0n) is 11.8. The molecule has 3 rings (SSSR count). The van der Waals surface area contributed by atoms with Crippen LogP contribution in [0.15, 0.2) is 0 Å². The van der Waals surface area contributed by atoms with Crippen molar-refractivity contribution in [1.29, 1.82) is 0 Å². The maximum Gasteiger partial charge on any atom is 0.282 e. The maximum absolute atomic E-state index is 12.8. The van der Waals surface area contributed by atoms with Crippen LogP contribution >= 0.6 is 0 Å². The van der Waals surface area contributed by atoms with Gasteiger partial charge >= 0.3 is 0 Å². The molecule has 0 amide bonds. The number of hydrogen-bond donors (Lipinski definition) is 0. The summed E-state index contributed by atoms with van der Waals surface area (Å²) in [5, 5.41) is 0. The van der Waals surface area contributed by atoms with Crippen molar-refractivity contribution in [2.75, 3.05) is 32.7 Å². The first-order chi connectivity index (χ1) is 9.09. The molecule has 5 nitrogen and oxygen atoms in total. The van der Waals surface area contributed by atoms with E-state index >= 15 is 0 Å². The van der Waals surface area contributed by atoms with Gasteiger partial charge in [-0.05, 0) is 39.2 Å². The third kappa shape index (κ3) is 2.55. The fourth-order valence-corrected chi connectivity index (χ4v) is 5.62. The van der Waals surface area contributed by atoms with Gasteiger partial charge in [0.2, 0.25) is 0 Å². The van der Waals surface area contributed by atoms with Gasteiger partial charge < -0.3 is 0 Å². The zero-order valence-corrected chi connectivity index (χ0v) is 12.6. The molecule has 2 atom stereocenters. The molecule has 0 aromatic heterocycles. The van der Waals surface area contributed by atoms with Crippen molar-refractivity contribution in [3.05, 3.63) is 0 Å². The average Bonchev–Trinajstić information content (AvgIpc) is 2.85. The van der Waals surface area contributed by atoms with Crippen molar-refractivity contribution < 1.29 is 8.42 Å². The molecule has 0 bridgehead atoms. The van der Waals surface area contributed by atoms with Crippen molar-refractivity contribution in [3.8, 4) is 0 Å². The van der Waals surface area contributed by atoms with E-state index in [2.05, 4.69) is 11.8 Å². The topological polar surface area (TPSA) is 43.9 Å². The number of fused-ring (bicyclic) bond motifs is 1. The SMILES string of the molecule is C[C@@H]1CN2CCC[C@@H]2CN1S(=O)(=O)N1CCCCC1. The van der Waals surface area contributed by atoms with Crippen LogP contribution in [0.4, 0.5) is 0 Å². The average molecular weight is 287 g/mol. The molecule has 3 fully saturated rings. The summed E-state index contributed by atoms with van der Waals surface area (Å²) >= 11 is 0. The summed E-state index contributed by atoms with van der Waals surface area (Å²) in [5.74, 6) is 0. The molecule has 3 aliphatic heterocycles. The molecule has 0 N–H and O–H groups in total. The van der Waals surface area contributed by atoms with E-state index in [1.807, 2.05) is 0 Å². The Labute approximate surface area is 116 Å². The van der Waals surface area contributed by atoms with Gasteiger partial charge in [-0.25, -0.2) is 0 Å². The first-order valence-electron chi connectivity index (χ1n) is 7.60. The van der Waals surface area contributed by atoms with Gasteiger partial charge in [0.15, 0.2) is 0 Å². The second-order valence-electron chi connectivity index (χ2n) is 6.18. The van der Waals surface area contributed by atoms with Gasteiger partial charge in [0.05, 0.1) is 0 Å². The molecule has 0 saturated carbocycles. The van der Waals surface area contributed by atoms with Crippen LogP contribution in [0.2, 0.25) is 0 Å². The van der Waals surface area contributed by atoms with Crippen molar-refractivity contribution >= 4 is 10.2 Å². The minimum absolute atomic E-state index is 0.112. The first kappa shape index (κ1) is 13.8. The highest BCUT2D eigenvalue weighted by Gasteiger charge is 2.41. The molecular formula is C13H25N3O2S. The van der Waals surface area contributed by atoms with Crippen LogP contribution in [0.3, 0.4) is 0 Å². The van der Waals surface area contributed by atoms with E-state index < -0.39 is 10.2 Å². The summed E-state index contributed by atoms with van der Waals surface area (Å²) in [6.45, 7) is 6.21. The Balaban J connectivity index is 1.76. The molecule has 3 heterocycles. The lowest BCUT2D eigenvalue weighted by Crippen LogP contribution is -2.60. The van der Waals surface area contributed by atoms with Crippen LogP contribution in [0.5, 0.6) is 0 Å². The Morgan fingerprint density at radius 1 is 0.947 bits per heavy atom. The van der Waals surface area contributed by atoms with Crippen LogP contribution in [0, 0.1) is 0 Å². The standard InChI is InChI=1S/C13H25N3O2S/c1-12-10-14-7-5-6-13(14)11-16(12)19(17,18)15-8-3-2-4-9-15/h12-13H,2-11H2,1H3/t12-,13-/m1/s1. The predicted octanol–water partition coefficient (Wildman–Crippen LogP) is 0.886. The van der Waals surface area contributed by atoms with Gasteiger partial charge in [-0.15, -0.1) is 0 Å². The number of piperazine rings is 1. The fourth-order valence-electron chi connectivity index (χ4n) is 3.73. The molecule has 3 aliphatic rings. The third-order valence-corrected chi connectivity index (χ3v) is 6.94. The molecule has 0 spiro atoms. The van der Waals surface area contributed by atoms with Crippen molar-refractivity contribution in [2.24, 2.45) is 0 Å². The minimum atomic E-state index is -3.23. The lowest BCUT2D eigenvalue weighted by Gasteiger charge is -2.43. The Morgan fingerprint density at radius 2 is 1.68 bits per heavy atom. The molecule has 19 heavy (non-hydrogen) atoms. The summed E-state index contributed by atoms with van der Waals surface area (Å²) in [7, 11) is -3.23. The van der Waals surface area contributed by atoms with Gasteiger partial charge in [-0.2, -0.15) is 17.0 Å². The Hall–Kier alpha value is -0.170. The van der Waals surface area contributed by atoms with E-state index in [-0.39, 0.29) is 6.04 Å². The minimum Gasteiger partial charge on any atom is -0.297 e. The van der Waals surface area contributed by atoms with E-state index in [1.54, 1.807) is 8.61 Å². The number of rotatable bonds is 2. The quantitative estimate of drug-likeness (QED) is 0.757. The molecule has 6 heteroatoms. The zero-order chi connectivity index (χ0) is 13.5. The third-order valence-electron chi connectivity index (χ3n) is 4.82. The van der Waals surface area contributed by atoms with E-state index in [0.717, 1.165) is 38.8 Å². The summed E-state index contributed by atoms with van der Waals surface area (Å²) in [6.07, 6.45) is 5.56. The number of piperidine rings is 1. The van der Waals surface area contributed by atoms with E-state index in [0.29, 0.717) is 25.7 Å². The highest BCUT2D eigenvalue weighted by atomic mass is 32.2. The highest BCUT2D eigenvalue weighted by molar-refractivity contribution is 7.86. The van der Waals surface area contributed by atoms with Gasteiger partial charge in [0.25, 0.3) is 10.2 Å². The number of nitrogens with zero attached hydrogens (tertiary/aromatic N) is 3. The first-order valence-corrected chi connectivity index (χ1v) is 9.00. The lowest BCUT2D eigenvalue weighted by molar-refractivity contribution is 0.110. The van der Waals surface area contributed by atoms with E-state index in [4.69, 9.17) is 0 Å². The second-order valence-corrected chi connectivity index (χ2v) is 8.06. The van der Waals surface area contributed by atoms with Crippen molar-refractivity contribution in [1.82, 2.24) is 13.5 Å². The summed E-state index contributed by atoms with van der Waals surface area (Å²) in [6, 6.07) is 0.567. The van der Waals surface area contributed by atoms with Crippen LogP contribution in [0.25, 0.3) is 0 Å². The monoisotopic (exact) mass is 287 g/mol. The van der Waals surface area contributed by atoms with Crippen molar-refractivity contribution in [2.45, 2.75) is 51.1 Å². The predicted molar refractivity (Wildman–Crippen MR) is 75.1 cm³/mol. The highest BCUT2D eigenvalue weighted by Crippen LogP contribution is 2.28. The normalized spacial score (nSPS) is 35.4. The summed E-state index contributed by atoms with van der Waals surface area (Å²) < 4.78 is 29.0. The molecule has 0 unspecified atom stereocenters.